The number of benzene rings is 1. The molecule has 1 heterocycles. The molecular weight excluding hydrogens is 222 g/mol. The Morgan fingerprint density at radius 3 is 2.67 bits per heavy atom. The summed E-state index contributed by atoms with van der Waals surface area (Å²) in [6.45, 7) is 4.42. The minimum atomic E-state index is -0.449. The van der Waals surface area contributed by atoms with Gasteiger partial charge in [-0.3, -0.25) is 4.98 Å². The molecule has 0 aliphatic carbocycles. The monoisotopic (exact) mass is 243 g/mol. The lowest BCUT2D eigenvalue weighted by Crippen LogP contribution is -2.02. The average molecular weight is 243 g/mol. The van der Waals surface area contributed by atoms with Gasteiger partial charge >= 0.3 is 0 Å². The molecule has 2 heteroatoms. The van der Waals surface area contributed by atoms with E-state index in [-0.39, 0.29) is 0 Å². The maximum absolute atomic E-state index is 10.3. The molecule has 0 saturated heterocycles. The molecule has 0 fully saturated rings. The van der Waals surface area contributed by atoms with Crippen LogP contribution >= 0.6 is 0 Å². The first-order valence-corrected chi connectivity index (χ1v) is 6.70. The van der Waals surface area contributed by atoms with Crippen LogP contribution in [0.5, 0.6) is 0 Å². The van der Waals surface area contributed by atoms with E-state index < -0.39 is 6.10 Å². The summed E-state index contributed by atoms with van der Waals surface area (Å²) in [4.78, 5) is 4.35. The van der Waals surface area contributed by atoms with Gasteiger partial charge in [-0.25, -0.2) is 0 Å². The third-order valence-electron chi connectivity index (χ3n) is 3.28. The highest BCUT2D eigenvalue weighted by atomic mass is 16.3. The zero-order chi connectivity index (χ0) is 13.0. The lowest BCUT2D eigenvalue weighted by molar-refractivity contribution is 0.159. The maximum Gasteiger partial charge on any atom is 0.0966 e. The molecule has 18 heavy (non-hydrogen) atoms. The van der Waals surface area contributed by atoms with Gasteiger partial charge in [0, 0.05) is 11.6 Å². The van der Waals surface area contributed by atoms with E-state index >= 15 is 0 Å². The van der Waals surface area contributed by atoms with E-state index in [1.165, 1.54) is 0 Å². The zero-order valence-corrected chi connectivity index (χ0v) is 11.1. The summed E-state index contributed by atoms with van der Waals surface area (Å²) in [6.07, 6.45) is 4.32. The Bertz CT molecular complexity index is 502. The smallest absolute Gasteiger partial charge is 0.0966 e. The van der Waals surface area contributed by atoms with Crippen molar-refractivity contribution in [2.45, 2.75) is 39.2 Å². The van der Waals surface area contributed by atoms with Gasteiger partial charge in [-0.15, -0.1) is 0 Å². The second-order valence-electron chi connectivity index (χ2n) is 5.26. The summed E-state index contributed by atoms with van der Waals surface area (Å²) in [7, 11) is 0. The Balaban J connectivity index is 2.15. The minimum absolute atomic E-state index is 0.449. The normalized spacial score (nSPS) is 13.1. The lowest BCUT2D eigenvalue weighted by atomic mass is 10.00. The molecule has 0 spiro atoms. The van der Waals surface area contributed by atoms with Gasteiger partial charge in [-0.05, 0) is 23.8 Å². The topological polar surface area (TPSA) is 33.1 Å². The van der Waals surface area contributed by atoms with E-state index in [1.54, 1.807) is 6.20 Å². The van der Waals surface area contributed by atoms with E-state index in [0.29, 0.717) is 5.92 Å². The van der Waals surface area contributed by atoms with Crippen molar-refractivity contribution >= 4 is 10.8 Å². The Kier molecular flexibility index (Phi) is 4.32. The highest BCUT2D eigenvalue weighted by Crippen LogP contribution is 2.25. The maximum atomic E-state index is 10.3. The summed E-state index contributed by atoms with van der Waals surface area (Å²) < 4.78 is 0. The SMILES string of the molecule is CC(C)CCCC(O)c1nccc2ccccc12. The van der Waals surface area contributed by atoms with Gasteiger partial charge in [0.25, 0.3) is 0 Å². The predicted molar refractivity (Wildman–Crippen MR) is 75.4 cm³/mol. The minimum Gasteiger partial charge on any atom is -0.387 e. The van der Waals surface area contributed by atoms with Crippen LogP contribution < -0.4 is 0 Å². The number of aliphatic hydroxyl groups is 1. The second-order valence-corrected chi connectivity index (χ2v) is 5.26. The van der Waals surface area contributed by atoms with Crippen LogP contribution in [0.1, 0.15) is 44.9 Å². The molecular formula is C16H21NO. The Morgan fingerprint density at radius 2 is 1.89 bits per heavy atom. The second kappa shape index (κ2) is 5.96. The fraction of sp³-hybridized carbons (Fsp3) is 0.438. The molecule has 0 saturated carbocycles. The van der Waals surface area contributed by atoms with E-state index in [0.717, 1.165) is 35.7 Å². The molecule has 2 rings (SSSR count). The summed E-state index contributed by atoms with van der Waals surface area (Å²) in [5, 5.41) is 12.5. The van der Waals surface area contributed by atoms with Gasteiger partial charge in [0.1, 0.15) is 0 Å². The van der Waals surface area contributed by atoms with Crippen molar-refractivity contribution in [2.24, 2.45) is 5.92 Å². The van der Waals surface area contributed by atoms with Gasteiger partial charge < -0.3 is 5.11 Å². The third kappa shape index (κ3) is 3.08. The van der Waals surface area contributed by atoms with Crippen LogP contribution in [0.25, 0.3) is 10.8 Å². The van der Waals surface area contributed by atoms with Crippen molar-refractivity contribution < 1.29 is 5.11 Å². The molecule has 96 valence electrons. The van der Waals surface area contributed by atoms with Gasteiger partial charge in [0.2, 0.25) is 0 Å². The van der Waals surface area contributed by atoms with Gasteiger partial charge in [0.05, 0.1) is 11.8 Å². The van der Waals surface area contributed by atoms with Crippen LogP contribution in [0, 0.1) is 5.92 Å². The zero-order valence-electron chi connectivity index (χ0n) is 11.1. The molecule has 0 aliphatic rings. The van der Waals surface area contributed by atoms with Crippen LogP contribution in [0.15, 0.2) is 36.5 Å². The number of hydrogen-bond donors (Lipinski definition) is 1. The molecule has 2 nitrogen and oxygen atoms in total. The van der Waals surface area contributed by atoms with Crippen LogP contribution in [0.3, 0.4) is 0 Å². The van der Waals surface area contributed by atoms with Crippen LogP contribution in [-0.4, -0.2) is 10.1 Å². The van der Waals surface area contributed by atoms with E-state index in [1.807, 2.05) is 24.3 Å². The number of nitrogens with zero attached hydrogens (tertiary/aromatic N) is 1. The highest BCUT2D eigenvalue weighted by molar-refractivity contribution is 5.84. The number of fused-ring (bicyclic) bond motifs is 1. The standard InChI is InChI=1S/C16H21NO/c1-12(2)6-5-9-15(18)16-14-8-4-3-7-13(14)10-11-17-16/h3-4,7-8,10-12,15,18H,5-6,9H2,1-2H3. The lowest BCUT2D eigenvalue weighted by Gasteiger charge is -2.13. The number of pyridine rings is 1. The van der Waals surface area contributed by atoms with Crippen LogP contribution in [0.4, 0.5) is 0 Å². The molecule has 1 aromatic heterocycles. The largest absolute Gasteiger partial charge is 0.387 e. The van der Waals surface area contributed by atoms with E-state index in [9.17, 15) is 5.11 Å². The van der Waals surface area contributed by atoms with Gasteiger partial charge in [-0.2, -0.15) is 0 Å². The van der Waals surface area contributed by atoms with Crippen molar-refractivity contribution in [3.8, 4) is 0 Å². The molecule has 1 aromatic carbocycles. The van der Waals surface area contributed by atoms with Gasteiger partial charge in [0.15, 0.2) is 0 Å². The summed E-state index contributed by atoms with van der Waals surface area (Å²) >= 11 is 0. The van der Waals surface area contributed by atoms with Gasteiger partial charge in [-0.1, -0.05) is 51.0 Å². The van der Waals surface area contributed by atoms with Crippen LogP contribution in [0.2, 0.25) is 0 Å². The molecule has 0 aliphatic heterocycles. The molecule has 2 aromatic rings. The fourth-order valence-electron chi connectivity index (χ4n) is 2.26. The fourth-order valence-corrected chi connectivity index (χ4v) is 2.26. The van der Waals surface area contributed by atoms with Crippen LogP contribution in [-0.2, 0) is 0 Å². The number of hydrogen-bond acceptors (Lipinski definition) is 2. The number of aliphatic hydroxyl groups excluding tert-OH is 1. The number of rotatable bonds is 5. The van der Waals surface area contributed by atoms with Crippen molar-refractivity contribution in [2.75, 3.05) is 0 Å². The van der Waals surface area contributed by atoms with Crippen molar-refractivity contribution in [1.82, 2.24) is 4.98 Å². The molecule has 1 atom stereocenters. The molecule has 1 unspecified atom stereocenters. The summed E-state index contributed by atoms with van der Waals surface area (Å²) in [6, 6.07) is 10.1. The Hall–Kier alpha value is -1.41. The number of aromatic nitrogens is 1. The van der Waals surface area contributed by atoms with Crippen molar-refractivity contribution in [1.29, 1.82) is 0 Å². The predicted octanol–water partition coefficient (Wildman–Crippen LogP) is 4.09. The van der Waals surface area contributed by atoms with Crippen molar-refractivity contribution in [3.05, 3.63) is 42.2 Å². The first-order valence-electron chi connectivity index (χ1n) is 6.70. The Morgan fingerprint density at radius 1 is 1.11 bits per heavy atom. The molecule has 0 amide bonds. The summed E-state index contributed by atoms with van der Waals surface area (Å²) in [5.74, 6) is 0.692. The third-order valence-corrected chi connectivity index (χ3v) is 3.28. The Labute approximate surface area is 109 Å². The average Bonchev–Trinajstić information content (AvgIpc) is 2.37. The highest BCUT2D eigenvalue weighted by Gasteiger charge is 2.12. The quantitative estimate of drug-likeness (QED) is 0.857. The summed E-state index contributed by atoms with van der Waals surface area (Å²) in [5.41, 5.74) is 0.817. The first kappa shape index (κ1) is 13.0. The molecule has 0 radical (unpaired) electrons. The molecule has 1 N–H and O–H groups in total. The van der Waals surface area contributed by atoms with E-state index in [4.69, 9.17) is 0 Å². The first-order chi connectivity index (χ1) is 8.68. The molecule has 0 bridgehead atoms. The van der Waals surface area contributed by atoms with Crippen molar-refractivity contribution in [3.63, 3.8) is 0 Å². The van der Waals surface area contributed by atoms with E-state index in [2.05, 4.69) is 24.9 Å².